The normalized spacial score (nSPS) is 11.9. The van der Waals surface area contributed by atoms with Crippen molar-refractivity contribution in [2.45, 2.75) is 5.41 Å². The van der Waals surface area contributed by atoms with Gasteiger partial charge in [0.2, 0.25) is 0 Å². The lowest BCUT2D eigenvalue weighted by Gasteiger charge is -2.34. The number of fused-ring (bicyclic) bond motifs is 14. The van der Waals surface area contributed by atoms with Crippen LogP contribution in [-0.4, -0.2) is 44.9 Å². The van der Waals surface area contributed by atoms with Gasteiger partial charge in [-0.3, -0.25) is 0 Å². The van der Waals surface area contributed by atoms with Crippen LogP contribution >= 0.6 is 0 Å². The highest BCUT2D eigenvalue weighted by Crippen LogP contribution is 2.56. The molecule has 27 rings (SSSR count). The van der Waals surface area contributed by atoms with Gasteiger partial charge in [0, 0.05) is 50.1 Å². The zero-order chi connectivity index (χ0) is 93.5. The fourth-order valence-corrected chi connectivity index (χ4v) is 20.4. The molecule has 0 amide bonds. The van der Waals surface area contributed by atoms with Gasteiger partial charge in [0.05, 0.1) is 5.41 Å². The van der Waals surface area contributed by atoms with Crippen LogP contribution in [0.15, 0.2) is 516 Å². The quantitative estimate of drug-likeness (QED) is 0.0981. The summed E-state index contributed by atoms with van der Waals surface area (Å²) in [7, 11) is 0. The summed E-state index contributed by atoms with van der Waals surface area (Å²) in [5.74, 6) is 5.86. The van der Waals surface area contributed by atoms with Crippen LogP contribution in [0.2, 0.25) is 0 Å². The van der Waals surface area contributed by atoms with Gasteiger partial charge in [0.15, 0.2) is 52.4 Å². The molecule has 26 aromatic rings. The maximum Gasteiger partial charge on any atom is 0.164 e. The van der Waals surface area contributed by atoms with Crippen molar-refractivity contribution in [2.24, 2.45) is 0 Å². The van der Waals surface area contributed by atoms with Gasteiger partial charge < -0.3 is 0 Å². The number of hydrogen-bond acceptors (Lipinski definition) is 9. The third-order valence-corrected chi connectivity index (χ3v) is 27.4. The zero-order valence-electron chi connectivity index (χ0n) is 76.6. The van der Waals surface area contributed by atoms with E-state index >= 15 is 0 Å². The average molecular weight is 1800 g/mol. The zero-order valence-corrected chi connectivity index (χ0v) is 76.6. The first-order valence-electron chi connectivity index (χ1n) is 47.7. The number of benzene rings is 23. The van der Waals surface area contributed by atoms with Crippen molar-refractivity contribution in [2.75, 3.05) is 0 Å². The molecule has 0 fully saturated rings. The summed E-state index contributed by atoms with van der Waals surface area (Å²) in [6.07, 6.45) is 0. The Morgan fingerprint density at radius 3 is 0.830 bits per heavy atom. The maximum atomic E-state index is 5.15. The summed E-state index contributed by atoms with van der Waals surface area (Å²) in [6.45, 7) is 0. The summed E-state index contributed by atoms with van der Waals surface area (Å²) >= 11 is 0. The molecule has 3 aromatic heterocycles. The van der Waals surface area contributed by atoms with Gasteiger partial charge in [-0.15, -0.1) is 0 Å². The predicted octanol–water partition coefficient (Wildman–Crippen LogP) is 33.2. The van der Waals surface area contributed by atoms with Gasteiger partial charge in [-0.2, -0.15) is 0 Å². The van der Waals surface area contributed by atoms with Gasteiger partial charge in [-0.25, -0.2) is 44.9 Å². The van der Waals surface area contributed by atoms with E-state index in [0.29, 0.717) is 52.4 Å². The minimum Gasteiger partial charge on any atom is -0.208 e. The molecule has 0 spiro atoms. The van der Waals surface area contributed by atoms with E-state index in [9.17, 15) is 0 Å². The van der Waals surface area contributed by atoms with Crippen LogP contribution in [0.1, 0.15) is 22.3 Å². The smallest absolute Gasteiger partial charge is 0.164 e. The molecule has 0 radical (unpaired) electrons. The largest absolute Gasteiger partial charge is 0.208 e. The van der Waals surface area contributed by atoms with E-state index in [0.717, 1.165) is 99.3 Å². The Hall–Kier alpha value is -18.8. The third kappa shape index (κ3) is 16.1. The van der Waals surface area contributed by atoms with Crippen molar-refractivity contribution in [1.29, 1.82) is 0 Å². The van der Waals surface area contributed by atoms with Crippen LogP contribution in [0.3, 0.4) is 0 Å². The molecule has 3 heterocycles. The molecule has 23 aromatic carbocycles. The second kappa shape index (κ2) is 36.4. The van der Waals surface area contributed by atoms with Crippen molar-refractivity contribution in [3.8, 4) is 147 Å². The van der Waals surface area contributed by atoms with Crippen LogP contribution in [0.5, 0.6) is 0 Å². The Bertz CT molecular complexity index is 9240. The molecular weight excluding hydrogens is 1710 g/mol. The number of rotatable bonds is 14. The fourth-order valence-electron chi connectivity index (χ4n) is 20.4. The molecule has 0 atom stereocenters. The highest BCUT2D eigenvalue weighted by molar-refractivity contribution is 6.11. The lowest BCUT2D eigenvalue weighted by atomic mass is 9.67. The SMILES string of the molecule is c1ccc(-c2ccc(-c3cccc(-c4nc(-c5ccccc5)nc(-c5ccc6c(ccc7ccccc76)c5)n4)c3)cc2)cc1.c1ccc(-c2nc(-c3ccc(C4(c5ccccc5)c5ccccc5-c5ccccc54)cc3)nc(-c3ccc4c(ccc5ccccc54)c3)n2)cc1.c1ccc(-c2nc(-c3ccc4ccccc4c3)nc(-c3cc(-c4ccc5c(ccc6ccccc65)c4)cc4ccccc34)n2)cc1. The summed E-state index contributed by atoms with van der Waals surface area (Å²) in [4.78, 5) is 45.4. The Kier molecular flexibility index (Phi) is 21.7. The van der Waals surface area contributed by atoms with Gasteiger partial charge in [0.1, 0.15) is 0 Å². The van der Waals surface area contributed by atoms with Crippen LogP contribution in [0.4, 0.5) is 0 Å². The molecule has 9 heteroatoms. The molecule has 1 aliphatic carbocycles. The van der Waals surface area contributed by atoms with Crippen molar-refractivity contribution in [3.05, 3.63) is 538 Å². The second-order valence-electron chi connectivity index (χ2n) is 35.8. The standard InChI is InChI=1S/C48H31N3.C43H27N3.C41H27N3/c1-3-14-33(15-4-1)45-49-46(51-47(50-45)36-27-30-40-35(31-36)24-23-32-13-7-8-18-39(32)40)34-25-28-38(29-26-34)48(37-16-5-2-6-17-37)43-21-11-9-19-41(43)42-20-10-12-22-44(42)48;1-2-12-30(13-3-1)41-44-42(35-21-18-28-10-4-5-14-31(28)25-35)46-43(45-41)40-27-36(26-33-15-7-9-17-38(33)40)32-22-23-39-34(24-32)20-19-29-11-6-8-16-37(29)39;1-3-10-28(11-4-1)29-18-20-30(21-19-29)33-15-9-16-35(26-33)40-42-39(32-13-5-2-6-14-32)43-41(44-40)36-24-25-38-34(27-36)23-22-31-12-7-8-17-37(31)38/h1-31H;1-27H;1-27H. The number of nitrogens with zero attached hydrogens (tertiary/aromatic N) is 9. The highest BCUT2D eigenvalue weighted by Gasteiger charge is 2.46. The van der Waals surface area contributed by atoms with E-state index in [1.54, 1.807) is 0 Å². The molecule has 0 saturated carbocycles. The maximum absolute atomic E-state index is 5.15. The summed E-state index contributed by atoms with van der Waals surface area (Å²) in [5, 5.41) is 19.3. The van der Waals surface area contributed by atoms with Crippen LogP contribution in [0.25, 0.3) is 233 Å². The highest BCUT2D eigenvalue weighted by atomic mass is 15.1. The van der Waals surface area contributed by atoms with E-state index < -0.39 is 5.41 Å². The van der Waals surface area contributed by atoms with Crippen molar-refractivity contribution in [1.82, 2.24) is 44.9 Å². The molecule has 0 saturated heterocycles. The van der Waals surface area contributed by atoms with Gasteiger partial charge in [0.25, 0.3) is 0 Å². The number of aromatic nitrogens is 9. The van der Waals surface area contributed by atoms with Gasteiger partial charge in [-0.1, -0.05) is 473 Å². The molecule has 0 N–H and O–H groups in total. The minimum atomic E-state index is -0.457. The lowest BCUT2D eigenvalue weighted by molar-refractivity contribution is 0.768. The first kappa shape index (κ1) is 84.0. The van der Waals surface area contributed by atoms with Crippen molar-refractivity contribution in [3.63, 3.8) is 0 Å². The first-order chi connectivity index (χ1) is 69.8. The van der Waals surface area contributed by atoms with E-state index in [1.807, 2.05) is 72.8 Å². The van der Waals surface area contributed by atoms with Crippen LogP contribution in [0, 0.1) is 0 Å². The molecule has 141 heavy (non-hydrogen) atoms. The molecule has 0 unspecified atom stereocenters. The molecule has 0 bridgehead atoms. The Morgan fingerprint density at radius 1 is 0.113 bits per heavy atom. The van der Waals surface area contributed by atoms with Crippen LogP contribution < -0.4 is 0 Å². The summed E-state index contributed by atoms with van der Waals surface area (Å²) < 4.78 is 0. The van der Waals surface area contributed by atoms with E-state index in [-0.39, 0.29) is 0 Å². The average Bonchev–Trinajstić information content (AvgIpc) is 1.54. The monoisotopic (exact) mass is 1800 g/mol. The minimum absolute atomic E-state index is 0.457. The third-order valence-electron chi connectivity index (χ3n) is 27.4. The number of hydrogen-bond donors (Lipinski definition) is 0. The fraction of sp³-hybridized carbons (Fsp3) is 0.00758. The van der Waals surface area contributed by atoms with E-state index in [4.69, 9.17) is 44.9 Å². The summed E-state index contributed by atoms with van der Waals surface area (Å²) in [5.41, 5.74) is 22.7. The van der Waals surface area contributed by atoms with Gasteiger partial charge >= 0.3 is 0 Å². The van der Waals surface area contributed by atoms with Crippen molar-refractivity contribution >= 4 is 86.2 Å². The summed E-state index contributed by atoms with van der Waals surface area (Å²) in [6, 6.07) is 182. The van der Waals surface area contributed by atoms with Crippen molar-refractivity contribution < 1.29 is 0 Å². The van der Waals surface area contributed by atoms with E-state index in [2.05, 4.69) is 443 Å². The molecule has 658 valence electrons. The Morgan fingerprint density at radius 2 is 0.362 bits per heavy atom. The Labute approximate surface area is 815 Å². The first-order valence-corrected chi connectivity index (χ1v) is 47.7. The topological polar surface area (TPSA) is 116 Å². The molecule has 9 nitrogen and oxygen atoms in total. The second-order valence-corrected chi connectivity index (χ2v) is 35.8. The lowest BCUT2D eigenvalue weighted by Crippen LogP contribution is -2.28. The molecule has 1 aliphatic rings. The Balaban J connectivity index is 0.000000112. The van der Waals surface area contributed by atoms with Gasteiger partial charge in [-0.05, 0) is 195 Å². The predicted molar refractivity (Wildman–Crippen MR) is 582 cm³/mol. The van der Waals surface area contributed by atoms with Crippen LogP contribution in [-0.2, 0) is 5.41 Å². The molecular formula is C132H85N9. The molecule has 0 aliphatic heterocycles. The van der Waals surface area contributed by atoms with E-state index in [1.165, 1.54) is 104 Å².